The minimum Gasteiger partial charge on any atom is -0.452 e. The third-order valence-corrected chi connectivity index (χ3v) is 3.51. The number of rotatable bonds is 3. The van der Waals surface area contributed by atoms with Gasteiger partial charge in [0.1, 0.15) is 0 Å². The lowest BCUT2D eigenvalue weighted by atomic mass is 10.0. The molecule has 0 spiro atoms. The van der Waals surface area contributed by atoms with E-state index in [9.17, 15) is 35.9 Å². The molecule has 1 amide bonds. The van der Waals surface area contributed by atoms with Gasteiger partial charge in [-0.15, -0.1) is 0 Å². The minimum atomic E-state index is -5.08. The highest BCUT2D eigenvalue weighted by molar-refractivity contribution is 5.91. The Kier molecular flexibility index (Phi) is 5.79. The van der Waals surface area contributed by atoms with E-state index in [2.05, 4.69) is 4.74 Å². The van der Waals surface area contributed by atoms with E-state index < -0.39 is 47.5 Å². The predicted octanol–water partition coefficient (Wildman–Crippen LogP) is 2.74. The van der Waals surface area contributed by atoms with Crippen LogP contribution in [0.3, 0.4) is 0 Å². The van der Waals surface area contributed by atoms with Gasteiger partial charge in [0.25, 0.3) is 5.91 Å². The maximum Gasteiger partial charge on any atom is 0.416 e. The highest BCUT2D eigenvalue weighted by Gasteiger charge is 2.37. The Bertz CT molecular complexity index is 647. The molecule has 0 atom stereocenters. The number of ether oxygens (including phenoxy) is 2. The van der Waals surface area contributed by atoms with Crippen molar-refractivity contribution in [2.45, 2.75) is 12.4 Å². The molecule has 26 heavy (non-hydrogen) atoms. The molecular weight excluding hydrogens is 372 g/mol. The summed E-state index contributed by atoms with van der Waals surface area (Å²) >= 11 is 0. The van der Waals surface area contributed by atoms with Gasteiger partial charge in [-0.25, -0.2) is 4.79 Å². The van der Waals surface area contributed by atoms with E-state index in [1.807, 2.05) is 0 Å². The first-order valence-electron chi connectivity index (χ1n) is 7.30. The third kappa shape index (κ3) is 5.10. The number of morpholine rings is 1. The van der Waals surface area contributed by atoms with Gasteiger partial charge in [-0.1, -0.05) is 0 Å². The number of hydrogen-bond donors (Lipinski definition) is 0. The average Bonchev–Trinajstić information content (AvgIpc) is 2.58. The van der Waals surface area contributed by atoms with Crippen LogP contribution in [0.15, 0.2) is 18.2 Å². The number of nitrogens with zero attached hydrogens (tertiary/aromatic N) is 1. The predicted molar refractivity (Wildman–Crippen MR) is 74.1 cm³/mol. The van der Waals surface area contributed by atoms with Crippen molar-refractivity contribution in [2.24, 2.45) is 0 Å². The van der Waals surface area contributed by atoms with Crippen molar-refractivity contribution in [1.29, 1.82) is 0 Å². The van der Waals surface area contributed by atoms with Gasteiger partial charge in [-0.05, 0) is 18.2 Å². The Balaban J connectivity index is 2.15. The molecule has 0 aliphatic carbocycles. The van der Waals surface area contributed by atoms with Gasteiger partial charge < -0.3 is 14.4 Å². The molecule has 1 heterocycles. The number of alkyl halides is 6. The topological polar surface area (TPSA) is 55.8 Å². The standard InChI is InChI=1S/C15H13F6NO4/c16-14(17,18)10-5-9(6-11(7-10)15(19,20)21)13(24)26-8-12(23)22-1-3-25-4-2-22/h5-7H,1-4,8H2. The highest BCUT2D eigenvalue weighted by atomic mass is 19.4. The Morgan fingerprint density at radius 1 is 0.962 bits per heavy atom. The first-order chi connectivity index (χ1) is 12.0. The molecule has 0 bridgehead atoms. The molecule has 1 saturated heterocycles. The van der Waals surface area contributed by atoms with Crippen molar-refractivity contribution in [3.8, 4) is 0 Å². The van der Waals surface area contributed by atoms with E-state index in [4.69, 9.17) is 4.74 Å². The minimum absolute atomic E-state index is 0.102. The number of halogens is 6. The van der Waals surface area contributed by atoms with Gasteiger partial charge in [-0.3, -0.25) is 4.79 Å². The Labute approximate surface area is 143 Å². The molecule has 5 nitrogen and oxygen atoms in total. The number of carbonyl (C=O) groups excluding carboxylic acids is 2. The van der Waals surface area contributed by atoms with Crippen molar-refractivity contribution in [3.05, 3.63) is 34.9 Å². The van der Waals surface area contributed by atoms with Crippen LogP contribution in [0.1, 0.15) is 21.5 Å². The van der Waals surface area contributed by atoms with Gasteiger partial charge in [0.05, 0.1) is 29.9 Å². The molecule has 0 saturated carbocycles. The largest absolute Gasteiger partial charge is 0.452 e. The van der Waals surface area contributed by atoms with Gasteiger partial charge in [-0.2, -0.15) is 26.3 Å². The molecule has 0 unspecified atom stereocenters. The molecule has 144 valence electrons. The van der Waals surface area contributed by atoms with E-state index in [1.54, 1.807) is 0 Å². The second kappa shape index (κ2) is 7.52. The van der Waals surface area contributed by atoms with Crippen LogP contribution in [0.25, 0.3) is 0 Å². The van der Waals surface area contributed by atoms with Crippen LogP contribution < -0.4 is 0 Å². The van der Waals surface area contributed by atoms with Crippen LogP contribution in [-0.4, -0.2) is 49.7 Å². The van der Waals surface area contributed by atoms with Crippen LogP contribution in [-0.2, 0) is 26.6 Å². The Hall–Kier alpha value is -2.30. The molecule has 1 fully saturated rings. The number of benzene rings is 1. The molecule has 1 aromatic carbocycles. The number of esters is 1. The summed E-state index contributed by atoms with van der Waals surface area (Å²) in [5.74, 6) is -2.08. The zero-order chi connectivity index (χ0) is 19.5. The van der Waals surface area contributed by atoms with Crippen LogP contribution in [0, 0.1) is 0 Å². The fraction of sp³-hybridized carbons (Fsp3) is 0.467. The summed E-state index contributed by atoms with van der Waals surface area (Å²) in [5.41, 5.74) is -4.22. The van der Waals surface area contributed by atoms with Gasteiger partial charge >= 0.3 is 18.3 Å². The Morgan fingerprint density at radius 3 is 1.92 bits per heavy atom. The summed E-state index contributed by atoms with van der Waals surface area (Å²) in [6.45, 7) is 0.261. The number of amides is 1. The van der Waals surface area contributed by atoms with E-state index in [0.717, 1.165) is 0 Å². The molecular formula is C15H13F6NO4. The van der Waals surface area contributed by atoms with E-state index in [0.29, 0.717) is 0 Å². The third-order valence-electron chi connectivity index (χ3n) is 3.51. The first kappa shape index (κ1) is 20.0. The normalized spacial score (nSPS) is 15.7. The first-order valence-corrected chi connectivity index (χ1v) is 7.30. The smallest absolute Gasteiger partial charge is 0.416 e. The van der Waals surface area contributed by atoms with Gasteiger partial charge in [0.15, 0.2) is 6.61 Å². The monoisotopic (exact) mass is 385 g/mol. The second-order valence-electron chi connectivity index (χ2n) is 5.36. The average molecular weight is 385 g/mol. The molecule has 1 aliphatic heterocycles. The molecule has 0 radical (unpaired) electrons. The zero-order valence-corrected chi connectivity index (χ0v) is 13.1. The highest BCUT2D eigenvalue weighted by Crippen LogP contribution is 2.36. The van der Waals surface area contributed by atoms with Gasteiger partial charge in [0.2, 0.25) is 0 Å². The lowest BCUT2D eigenvalue weighted by Crippen LogP contribution is -2.42. The van der Waals surface area contributed by atoms with Crippen molar-refractivity contribution >= 4 is 11.9 Å². The Morgan fingerprint density at radius 2 is 1.46 bits per heavy atom. The van der Waals surface area contributed by atoms with E-state index in [-0.39, 0.29) is 44.5 Å². The molecule has 1 aliphatic rings. The molecule has 0 aromatic heterocycles. The summed E-state index contributed by atoms with van der Waals surface area (Å²) in [5, 5.41) is 0. The van der Waals surface area contributed by atoms with Crippen LogP contribution in [0.2, 0.25) is 0 Å². The van der Waals surface area contributed by atoms with Crippen LogP contribution >= 0.6 is 0 Å². The second-order valence-corrected chi connectivity index (χ2v) is 5.36. The van der Waals surface area contributed by atoms with Crippen molar-refractivity contribution in [3.63, 3.8) is 0 Å². The van der Waals surface area contributed by atoms with E-state index in [1.165, 1.54) is 4.90 Å². The summed E-state index contributed by atoms with van der Waals surface area (Å²) in [6.07, 6.45) is -10.2. The number of carbonyl (C=O) groups is 2. The van der Waals surface area contributed by atoms with Crippen molar-refractivity contribution < 1.29 is 45.4 Å². The lowest BCUT2D eigenvalue weighted by molar-refractivity contribution is -0.143. The fourth-order valence-corrected chi connectivity index (χ4v) is 2.19. The fourth-order valence-electron chi connectivity index (χ4n) is 2.19. The summed E-state index contributed by atoms with van der Waals surface area (Å²) in [7, 11) is 0. The lowest BCUT2D eigenvalue weighted by Gasteiger charge is -2.26. The SMILES string of the molecule is O=C(OCC(=O)N1CCOCC1)c1cc(C(F)(F)F)cc(C(F)(F)F)c1. The summed E-state index contributed by atoms with van der Waals surface area (Å²) in [4.78, 5) is 25.0. The molecule has 11 heteroatoms. The number of hydrogen-bond acceptors (Lipinski definition) is 4. The molecule has 1 aromatic rings. The molecule has 0 N–H and O–H groups in total. The summed E-state index contributed by atoms with van der Waals surface area (Å²) in [6, 6.07) is 0.392. The maximum atomic E-state index is 12.8. The van der Waals surface area contributed by atoms with Crippen LogP contribution in [0.4, 0.5) is 26.3 Å². The van der Waals surface area contributed by atoms with Crippen LogP contribution in [0.5, 0.6) is 0 Å². The van der Waals surface area contributed by atoms with Gasteiger partial charge in [0, 0.05) is 13.1 Å². The van der Waals surface area contributed by atoms with Crippen molar-refractivity contribution in [1.82, 2.24) is 4.90 Å². The van der Waals surface area contributed by atoms with Crippen molar-refractivity contribution in [2.75, 3.05) is 32.9 Å². The van der Waals surface area contributed by atoms with E-state index >= 15 is 0 Å². The maximum absolute atomic E-state index is 12.8. The quantitative estimate of drug-likeness (QED) is 0.593. The zero-order valence-electron chi connectivity index (χ0n) is 13.1. The summed E-state index contributed by atoms with van der Waals surface area (Å²) < 4.78 is 86.2. The molecule has 2 rings (SSSR count).